The van der Waals surface area contributed by atoms with Crippen LogP contribution in [0, 0.1) is 5.82 Å². The van der Waals surface area contributed by atoms with Crippen molar-refractivity contribution in [1.29, 1.82) is 0 Å². The van der Waals surface area contributed by atoms with Gasteiger partial charge in [0.2, 0.25) is 10.0 Å². The molecule has 2 atom stereocenters. The number of nitrogens with one attached hydrogen (secondary N) is 1. The lowest BCUT2D eigenvalue weighted by molar-refractivity contribution is 0.540. The molecule has 1 aliphatic rings. The number of thioether (sulfide) groups is 1. The van der Waals surface area contributed by atoms with E-state index in [4.69, 9.17) is 17.3 Å². The van der Waals surface area contributed by atoms with Gasteiger partial charge >= 0.3 is 0 Å². The van der Waals surface area contributed by atoms with Gasteiger partial charge in [-0.3, -0.25) is 0 Å². The van der Waals surface area contributed by atoms with Crippen LogP contribution in [0.4, 0.5) is 10.1 Å². The molecule has 0 heterocycles. The van der Waals surface area contributed by atoms with Gasteiger partial charge in [-0.2, -0.15) is 11.8 Å². The molecule has 0 bridgehead atoms. The van der Waals surface area contributed by atoms with E-state index >= 15 is 0 Å². The van der Waals surface area contributed by atoms with E-state index in [0.717, 1.165) is 31.1 Å². The number of nitrogens with two attached hydrogens (primary N) is 1. The van der Waals surface area contributed by atoms with Gasteiger partial charge in [-0.25, -0.2) is 17.5 Å². The van der Waals surface area contributed by atoms with Crippen LogP contribution in [0.25, 0.3) is 0 Å². The molecule has 1 aliphatic carbocycles. The van der Waals surface area contributed by atoms with E-state index < -0.39 is 20.7 Å². The average molecular weight is 353 g/mol. The smallest absolute Gasteiger partial charge is 0.243 e. The van der Waals surface area contributed by atoms with E-state index in [1.807, 2.05) is 6.92 Å². The first kappa shape index (κ1) is 16.9. The van der Waals surface area contributed by atoms with Crippen LogP contribution in [0.2, 0.25) is 5.02 Å². The molecule has 1 saturated carbocycles. The third-order valence-electron chi connectivity index (χ3n) is 3.46. The van der Waals surface area contributed by atoms with Gasteiger partial charge in [0, 0.05) is 16.3 Å². The summed E-state index contributed by atoms with van der Waals surface area (Å²) >= 11 is 7.50. The van der Waals surface area contributed by atoms with Gasteiger partial charge in [-0.15, -0.1) is 0 Å². The second kappa shape index (κ2) is 6.73. The van der Waals surface area contributed by atoms with Gasteiger partial charge in [-0.05, 0) is 30.7 Å². The molecule has 1 aromatic rings. The molecule has 2 rings (SSSR count). The summed E-state index contributed by atoms with van der Waals surface area (Å²) in [7, 11) is -3.97. The molecule has 3 N–H and O–H groups in total. The van der Waals surface area contributed by atoms with Gasteiger partial charge in [0.1, 0.15) is 4.90 Å². The second-order valence-corrected chi connectivity index (χ2v) is 8.59. The lowest BCUT2D eigenvalue weighted by Crippen LogP contribution is -2.39. The zero-order valence-electron chi connectivity index (χ0n) is 11.6. The molecular formula is C13H18ClFN2O2S2. The molecule has 8 heteroatoms. The monoisotopic (exact) mass is 352 g/mol. The van der Waals surface area contributed by atoms with Crippen molar-refractivity contribution >= 4 is 39.1 Å². The average Bonchev–Trinajstić information content (AvgIpc) is 2.81. The first-order valence-corrected chi connectivity index (χ1v) is 9.64. The molecule has 1 aromatic carbocycles. The van der Waals surface area contributed by atoms with E-state index in [0.29, 0.717) is 0 Å². The van der Waals surface area contributed by atoms with E-state index in [1.54, 1.807) is 11.8 Å². The van der Waals surface area contributed by atoms with Crippen LogP contribution in [0.5, 0.6) is 0 Å². The fourth-order valence-electron chi connectivity index (χ4n) is 2.52. The molecule has 0 aliphatic heterocycles. The molecule has 118 valence electrons. The zero-order valence-corrected chi connectivity index (χ0v) is 14.0. The van der Waals surface area contributed by atoms with Crippen LogP contribution in [0.15, 0.2) is 17.0 Å². The number of hydrogen-bond donors (Lipinski definition) is 2. The van der Waals surface area contributed by atoms with Crippen LogP contribution < -0.4 is 10.5 Å². The summed E-state index contributed by atoms with van der Waals surface area (Å²) in [5.74, 6) is -0.0361. The third kappa shape index (κ3) is 3.83. The van der Waals surface area contributed by atoms with Crippen LogP contribution in [-0.4, -0.2) is 25.5 Å². The van der Waals surface area contributed by atoms with Crippen molar-refractivity contribution in [2.45, 2.75) is 42.4 Å². The Bertz CT molecular complexity index is 625. The lowest BCUT2D eigenvalue weighted by atomic mass is 10.3. The van der Waals surface area contributed by atoms with Crippen LogP contribution in [-0.2, 0) is 10.0 Å². The Labute approximate surface area is 133 Å². The Kier molecular flexibility index (Phi) is 5.40. The molecule has 0 spiro atoms. The highest BCUT2D eigenvalue weighted by Gasteiger charge is 2.32. The number of hydrogen-bond acceptors (Lipinski definition) is 4. The Balaban J connectivity index is 2.27. The van der Waals surface area contributed by atoms with Gasteiger partial charge in [-0.1, -0.05) is 24.9 Å². The number of benzene rings is 1. The first-order valence-electron chi connectivity index (χ1n) is 6.73. The topological polar surface area (TPSA) is 72.2 Å². The normalized spacial score (nSPS) is 22.6. The molecular weight excluding hydrogens is 335 g/mol. The van der Waals surface area contributed by atoms with Crippen molar-refractivity contribution in [3.8, 4) is 0 Å². The number of anilines is 1. The van der Waals surface area contributed by atoms with Crippen molar-refractivity contribution in [2.75, 3.05) is 11.5 Å². The highest BCUT2D eigenvalue weighted by Crippen LogP contribution is 2.32. The number of sulfonamides is 1. The Hall–Kier alpha value is -0.500. The van der Waals surface area contributed by atoms with Crippen LogP contribution >= 0.6 is 23.4 Å². The summed E-state index contributed by atoms with van der Waals surface area (Å²) in [6.07, 6.45) is 2.69. The van der Waals surface area contributed by atoms with Crippen molar-refractivity contribution in [3.63, 3.8) is 0 Å². The summed E-state index contributed by atoms with van der Waals surface area (Å²) < 4.78 is 41.4. The Morgan fingerprint density at radius 3 is 2.86 bits per heavy atom. The predicted molar refractivity (Wildman–Crippen MR) is 85.7 cm³/mol. The summed E-state index contributed by atoms with van der Waals surface area (Å²) in [4.78, 5) is -0.486. The van der Waals surface area contributed by atoms with Gasteiger partial charge in [0.05, 0.1) is 5.69 Å². The summed E-state index contributed by atoms with van der Waals surface area (Å²) in [6.45, 7) is 2.03. The summed E-state index contributed by atoms with van der Waals surface area (Å²) in [5.41, 5.74) is 5.18. The van der Waals surface area contributed by atoms with Crippen LogP contribution in [0.1, 0.15) is 26.2 Å². The molecule has 0 saturated heterocycles. The van der Waals surface area contributed by atoms with Gasteiger partial charge < -0.3 is 5.73 Å². The molecule has 0 aromatic heterocycles. The van der Waals surface area contributed by atoms with Crippen LogP contribution in [0.3, 0.4) is 0 Å². The number of rotatable bonds is 5. The number of halogens is 2. The maximum Gasteiger partial charge on any atom is 0.243 e. The first-order chi connectivity index (χ1) is 9.85. The van der Waals surface area contributed by atoms with Crippen molar-refractivity contribution in [2.24, 2.45) is 0 Å². The Morgan fingerprint density at radius 1 is 1.48 bits per heavy atom. The third-order valence-corrected chi connectivity index (χ3v) is 6.49. The molecule has 0 amide bonds. The maximum absolute atomic E-state index is 14.0. The maximum atomic E-state index is 14.0. The standard InChI is InChI=1S/C13H18ClFN2O2S2/c1-2-20-11-5-3-4-10(11)17-21(18,19)12-7-8(14)6-9(16)13(12)15/h6-7,10-11,17H,2-5,16H2,1H3. The fraction of sp³-hybridized carbons (Fsp3) is 0.538. The van der Waals surface area contributed by atoms with Crippen molar-refractivity contribution in [3.05, 3.63) is 23.0 Å². The summed E-state index contributed by atoms with van der Waals surface area (Å²) in [5, 5.41) is 0.324. The number of nitrogen functional groups attached to an aromatic ring is 1. The Morgan fingerprint density at radius 2 is 2.19 bits per heavy atom. The SMILES string of the molecule is CCSC1CCCC1NS(=O)(=O)c1cc(Cl)cc(N)c1F. The van der Waals surface area contributed by atoms with Gasteiger partial charge in [0.25, 0.3) is 0 Å². The fourth-order valence-corrected chi connectivity index (χ4v) is 5.54. The largest absolute Gasteiger partial charge is 0.396 e. The van der Waals surface area contributed by atoms with E-state index in [-0.39, 0.29) is 22.0 Å². The molecule has 2 unspecified atom stereocenters. The quantitative estimate of drug-likeness (QED) is 0.799. The summed E-state index contributed by atoms with van der Waals surface area (Å²) in [6, 6.07) is 2.10. The van der Waals surface area contributed by atoms with E-state index in [1.165, 1.54) is 6.07 Å². The molecule has 4 nitrogen and oxygen atoms in total. The molecule has 1 fully saturated rings. The zero-order chi connectivity index (χ0) is 15.6. The minimum Gasteiger partial charge on any atom is -0.396 e. The van der Waals surface area contributed by atoms with E-state index in [2.05, 4.69) is 4.72 Å². The highest BCUT2D eigenvalue weighted by molar-refractivity contribution is 8.00. The van der Waals surface area contributed by atoms with Crippen molar-refractivity contribution in [1.82, 2.24) is 4.72 Å². The second-order valence-electron chi connectivity index (χ2n) is 4.96. The van der Waals surface area contributed by atoms with Crippen molar-refractivity contribution < 1.29 is 12.8 Å². The minimum absolute atomic E-state index is 0.0974. The van der Waals surface area contributed by atoms with E-state index in [9.17, 15) is 12.8 Å². The lowest BCUT2D eigenvalue weighted by Gasteiger charge is -2.20. The van der Waals surface area contributed by atoms with Gasteiger partial charge in [0.15, 0.2) is 5.82 Å². The highest BCUT2D eigenvalue weighted by atomic mass is 35.5. The minimum atomic E-state index is -3.97. The molecule has 0 radical (unpaired) electrons. The molecule has 21 heavy (non-hydrogen) atoms. The predicted octanol–water partition coefficient (Wildman–Crippen LogP) is 3.01.